The number of fused-ring (bicyclic) bond motifs is 1. The summed E-state index contributed by atoms with van der Waals surface area (Å²) in [5, 5.41) is 1.20. The Morgan fingerprint density at radius 2 is 1.74 bits per heavy atom. The van der Waals surface area contributed by atoms with Crippen molar-refractivity contribution in [2.45, 2.75) is 13.8 Å². The molecule has 19 heavy (non-hydrogen) atoms. The molecule has 2 aromatic carbocycles. The molecular weight excluding hydrogens is 232 g/mol. The fraction of sp³-hybridized carbons (Fsp3) is 0.111. The summed E-state index contributed by atoms with van der Waals surface area (Å²) in [6, 6.07) is 16.7. The van der Waals surface area contributed by atoms with Gasteiger partial charge in [0.2, 0.25) is 0 Å². The van der Waals surface area contributed by atoms with Gasteiger partial charge in [0.15, 0.2) is 0 Å². The van der Waals surface area contributed by atoms with E-state index in [2.05, 4.69) is 42.5 Å². The van der Waals surface area contributed by atoms with Gasteiger partial charge >= 0.3 is 0 Å². The second-order valence-corrected chi connectivity index (χ2v) is 4.62. The molecule has 94 valence electrons. The van der Waals surface area contributed by atoms with Crippen molar-refractivity contribution >= 4 is 17.0 Å². The molecule has 0 fully saturated rings. The predicted octanol–water partition coefficient (Wildman–Crippen LogP) is 5.44. The third-order valence-electron chi connectivity index (χ3n) is 3.36. The first-order valence-corrected chi connectivity index (χ1v) is 6.51. The van der Waals surface area contributed by atoms with Crippen LogP contribution in [0.1, 0.15) is 18.2 Å². The van der Waals surface area contributed by atoms with Gasteiger partial charge in [-0.1, -0.05) is 54.6 Å². The van der Waals surface area contributed by atoms with E-state index in [4.69, 9.17) is 4.42 Å². The van der Waals surface area contributed by atoms with Crippen LogP contribution in [0.3, 0.4) is 0 Å². The molecule has 0 N–H and O–H groups in total. The van der Waals surface area contributed by atoms with Crippen LogP contribution in [-0.2, 0) is 0 Å². The third-order valence-corrected chi connectivity index (χ3v) is 3.36. The maximum Gasteiger partial charge on any atom is 0.135 e. The number of hydrogen-bond acceptors (Lipinski definition) is 1. The van der Waals surface area contributed by atoms with Crippen LogP contribution in [0.25, 0.3) is 28.2 Å². The van der Waals surface area contributed by atoms with E-state index in [9.17, 15) is 0 Å². The highest BCUT2D eigenvalue weighted by Crippen LogP contribution is 2.35. The zero-order valence-electron chi connectivity index (χ0n) is 11.2. The lowest BCUT2D eigenvalue weighted by Gasteiger charge is -2.04. The summed E-state index contributed by atoms with van der Waals surface area (Å²) in [7, 11) is 0. The highest BCUT2D eigenvalue weighted by Gasteiger charge is 2.13. The van der Waals surface area contributed by atoms with Crippen LogP contribution in [0.2, 0.25) is 0 Å². The molecule has 1 nitrogen and oxygen atoms in total. The number of rotatable bonds is 2. The van der Waals surface area contributed by atoms with Crippen molar-refractivity contribution in [2.75, 3.05) is 0 Å². The average molecular weight is 248 g/mol. The predicted molar refractivity (Wildman–Crippen MR) is 81.1 cm³/mol. The minimum absolute atomic E-state index is 0.951. The molecule has 1 aromatic heterocycles. The van der Waals surface area contributed by atoms with Gasteiger partial charge in [-0.2, -0.15) is 0 Å². The van der Waals surface area contributed by atoms with E-state index in [1.54, 1.807) is 0 Å². The van der Waals surface area contributed by atoms with Crippen molar-refractivity contribution in [3.05, 3.63) is 65.9 Å². The molecule has 0 saturated carbocycles. The number of hydrogen-bond donors (Lipinski definition) is 0. The average Bonchev–Trinajstić information content (AvgIpc) is 2.76. The molecule has 0 unspecified atom stereocenters. The Balaban J connectivity index is 2.37. The lowest BCUT2D eigenvalue weighted by atomic mass is 9.98. The monoisotopic (exact) mass is 248 g/mol. The number of benzene rings is 2. The van der Waals surface area contributed by atoms with Crippen molar-refractivity contribution in [1.29, 1.82) is 0 Å². The second kappa shape index (κ2) is 4.77. The van der Waals surface area contributed by atoms with Crippen LogP contribution in [0, 0.1) is 6.92 Å². The Bertz CT molecular complexity index is 733. The highest BCUT2D eigenvalue weighted by molar-refractivity contribution is 6.00. The Morgan fingerprint density at radius 3 is 2.47 bits per heavy atom. The SMILES string of the molecule is C/C=C\c1c(C)oc2cccc(-c3ccccc3)c12. The first kappa shape index (κ1) is 11.8. The van der Waals surface area contributed by atoms with Crippen LogP contribution >= 0.6 is 0 Å². The lowest BCUT2D eigenvalue weighted by molar-refractivity contribution is 0.577. The van der Waals surface area contributed by atoms with Crippen molar-refractivity contribution in [2.24, 2.45) is 0 Å². The van der Waals surface area contributed by atoms with Crippen LogP contribution in [0.4, 0.5) is 0 Å². The quantitative estimate of drug-likeness (QED) is 0.588. The summed E-state index contributed by atoms with van der Waals surface area (Å²) in [5.41, 5.74) is 4.58. The van der Waals surface area contributed by atoms with Gasteiger partial charge in [0, 0.05) is 10.9 Å². The van der Waals surface area contributed by atoms with Crippen LogP contribution in [0.15, 0.2) is 59.0 Å². The Kier molecular flexibility index (Phi) is 2.96. The molecule has 1 heteroatoms. The van der Waals surface area contributed by atoms with E-state index in [-0.39, 0.29) is 0 Å². The van der Waals surface area contributed by atoms with E-state index < -0.39 is 0 Å². The van der Waals surface area contributed by atoms with Crippen LogP contribution in [0.5, 0.6) is 0 Å². The molecular formula is C18H16O. The topological polar surface area (TPSA) is 13.1 Å². The summed E-state index contributed by atoms with van der Waals surface area (Å²) in [6.07, 6.45) is 4.17. The number of aryl methyl sites for hydroxylation is 1. The van der Waals surface area contributed by atoms with Crippen molar-refractivity contribution in [1.82, 2.24) is 0 Å². The molecule has 0 saturated heterocycles. The fourth-order valence-corrected chi connectivity index (χ4v) is 2.52. The summed E-state index contributed by atoms with van der Waals surface area (Å²) >= 11 is 0. The molecule has 0 spiro atoms. The Morgan fingerprint density at radius 1 is 0.947 bits per heavy atom. The fourth-order valence-electron chi connectivity index (χ4n) is 2.52. The maximum absolute atomic E-state index is 5.86. The number of furan rings is 1. The van der Waals surface area contributed by atoms with Crippen molar-refractivity contribution in [3.63, 3.8) is 0 Å². The largest absolute Gasteiger partial charge is 0.461 e. The highest BCUT2D eigenvalue weighted by atomic mass is 16.3. The Hall–Kier alpha value is -2.28. The summed E-state index contributed by atoms with van der Waals surface area (Å²) in [6.45, 7) is 4.05. The van der Waals surface area contributed by atoms with Gasteiger partial charge in [-0.05, 0) is 31.0 Å². The van der Waals surface area contributed by atoms with E-state index in [0.29, 0.717) is 0 Å². The zero-order chi connectivity index (χ0) is 13.2. The normalized spacial score (nSPS) is 11.5. The first-order chi connectivity index (χ1) is 9.31. The maximum atomic E-state index is 5.86. The molecule has 0 radical (unpaired) electrons. The number of allylic oxidation sites excluding steroid dienone is 1. The van der Waals surface area contributed by atoms with Gasteiger partial charge in [-0.15, -0.1) is 0 Å². The summed E-state index contributed by atoms with van der Waals surface area (Å²) < 4.78 is 5.86. The van der Waals surface area contributed by atoms with Gasteiger partial charge < -0.3 is 4.42 Å². The van der Waals surface area contributed by atoms with Gasteiger partial charge in [-0.3, -0.25) is 0 Å². The molecule has 1 heterocycles. The summed E-state index contributed by atoms with van der Waals surface area (Å²) in [5.74, 6) is 0.969. The minimum atomic E-state index is 0.951. The third kappa shape index (κ3) is 1.97. The van der Waals surface area contributed by atoms with Crippen molar-refractivity contribution < 1.29 is 4.42 Å². The molecule has 0 aliphatic carbocycles. The van der Waals surface area contributed by atoms with E-state index in [0.717, 1.165) is 11.3 Å². The standard InChI is InChI=1S/C18H16O/c1-3-8-15-13(2)19-17-12-7-11-16(18(15)17)14-9-5-4-6-10-14/h3-12H,1-2H3/b8-3-. The van der Waals surface area contributed by atoms with Gasteiger partial charge in [0.25, 0.3) is 0 Å². The molecule has 3 aromatic rings. The van der Waals surface area contributed by atoms with Crippen molar-refractivity contribution in [3.8, 4) is 11.1 Å². The van der Waals surface area contributed by atoms with Crippen LogP contribution in [-0.4, -0.2) is 0 Å². The molecule has 0 amide bonds. The second-order valence-electron chi connectivity index (χ2n) is 4.62. The van der Waals surface area contributed by atoms with Crippen LogP contribution < -0.4 is 0 Å². The molecule has 0 bridgehead atoms. The Labute approximate surface area is 113 Å². The van der Waals surface area contributed by atoms with Gasteiger partial charge in [-0.25, -0.2) is 0 Å². The minimum Gasteiger partial charge on any atom is -0.461 e. The molecule has 0 aliphatic heterocycles. The van der Waals surface area contributed by atoms with Gasteiger partial charge in [0.1, 0.15) is 11.3 Å². The van der Waals surface area contributed by atoms with Gasteiger partial charge in [0.05, 0.1) is 0 Å². The zero-order valence-corrected chi connectivity index (χ0v) is 11.2. The van der Waals surface area contributed by atoms with E-state index in [1.807, 2.05) is 32.0 Å². The molecule has 0 aliphatic rings. The lowest BCUT2D eigenvalue weighted by Crippen LogP contribution is -1.80. The first-order valence-electron chi connectivity index (χ1n) is 6.51. The smallest absolute Gasteiger partial charge is 0.135 e. The molecule has 3 rings (SSSR count). The van der Waals surface area contributed by atoms with E-state index >= 15 is 0 Å². The summed E-state index contributed by atoms with van der Waals surface area (Å²) in [4.78, 5) is 0. The van der Waals surface area contributed by atoms with E-state index in [1.165, 1.54) is 22.1 Å². The molecule has 0 atom stereocenters.